The first-order valence-electron chi connectivity index (χ1n) is 9.14. The van der Waals surface area contributed by atoms with Crippen LogP contribution in [-0.4, -0.2) is 48.3 Å². The first-order chi connectivity index (χ1) is 13.8. The summed E-state index contributed by atoms with van der Waals surface area (Å²) in [4.78, 5) is 2.22. The molecule has 2 aromatic carbocycles. The second kappa shape index (κ2) is 8.41. The van der Waals surface area contributed by atoms with Gasteiger partial charge in [0.15, 0.2) is 16.1 Å². The maximum Gasteiger partial charge on any atom is 0.175 e. The molecule has 0 unspecified atom stereocenters. The number of morpholine rings is 1. The quantitative estimate of drug-likeness (QED) is 0.628. The molecule has 2 heterocycles. The van der Waals surface area contributed by atoms with Gasteiger partial charge < -0.3 is 25.0 Å². The van der Waals surface area contributed by atoms with E-state index in [4.69, 9.17) is 26.3 Å². The van der Waals surface area contributed by atoms with Crippen molar-refractivity contribution in [1.82, 2.24) is 10.3 Å². The summed E-state index contributed by atoms with van der Waals surface area (Å²) in [7, 11) is 0. The van der Waals surface area contributed by atoms with E-state index in [1.807, 2.05) is 43.3 Å². The summed E-state index contributed by atoms with van der Waals surface area (Å²) in [6.07, 6.45) is 0. The molecule has 28 heavy (non-hydrogen) atoms. The fourth-order valence-electron chi connectivity index (χ4n) is 3.14. The molecule has 3 aromatic rings. The zero-order valence-electron chi connectivity index (χ0n) is 15.5. The molecule has 1 fully saturated rings. The zero-order chi connectivity index (χ0) is 19.3. The van der Waals surface area contributed by atoms with Gasteiger partial charge in [0.25, 0.3) is 0 Å². The van der Waals surface area contributed by atoms with Gasteiger partial charge in [0.2, 0.25) is 0 Å². The molecule has 0 aliphatic carbocycles. The molecule has 2 N–H and O–H groups in total. The summed E-state index contributed by atoms with van der Waals surface area (Å²) in [5, 5.41) is 14.9. The number of anilines is 3. The van der Waals surface area contributed by atoms with Gasteiger partial charge in [-0.2, -0.15) is 0 Å². The van der Waals surface area contributed by atoms with Crippen molar-refractivity contribution < 1.29 is 14.1 Å². The maximum absolute atomic E-state index is 5.63. The Balaban J connectivity index is 1.54. The first kappa shape index (κ1) is 18.5. The smallest absolute Gasteiger partial charge is 0.175 e. The zero-order valence-corrected chi connectivity index (χ0v) is 16.3. The predicted molar refractivity (Wildman–Crippen MR) is 112 cm³/mol. The van der Waals surface area contributed by atoms with Crippen LogP contribution in [0.3, 0.4) is 0 Å². The molecule has 4 rings (SSSR count). The van der Waals surface area contributed by atoms with E-state index in [2.05, 4.69) is 25.8 Å². The van der Waals surface area contributed by atoms with Gasteiger partial charge >= 0.3 is 0 Å². The standard InChI is InChI=1S/C19H21N5O3S/c1-2-26-16-6-4-3-5-13(16)20-19(28)21-14-7-8-15(18-17(14)22-27-23-18)24-9-11-25-12-10-24/h3-8H,2,9-12H2,1H3,(H2,20,21,28). The molecule has 0 bridgehead atoms. The van der Waals surface area contributed by atoms with Crippen molar-refractivity contribution in [2.24, 2.45) is 0 Å². The molecule has 146 valence electrons. The van der Waals surface area contributed by atoms with Crippen molar-refractivity contribution in [3.05, 3.63) is 36.4 Å². The number of hydrogen-bond acceptors (Lipinski definition) is 7. The number of rotatable bonds is 5. The Morgan fingerprint density at radius 1 is 1.07 bits per heavy atom. The summed E-state index contributed by atoms with van der Waals surface area (Å²) >= 11 is 5.47. The lowest BCUT2D eigenvalue weighted by Gasteiger charge is -2.28. The lowest BCUT2D eigenvalue weighted by molar-refractivity contribution is 0.123. The SMILES string of the molecule is CCOc1ccccc1NC(=S)Nc1ccc(N2CCOCC2)c2nonc12. The Labute approximate surface area is 167 Å². The Bertz CT molecular complexity index is 971. The van der Waals surface area contributed by atoms with E-state index < -0.39 is 0 Å². The molecule has 1 aromatic heterocycles. The largest absolute Gasteiger partial charge is 0.492 e. The van der Waals surface area contributed by atoms with Crippen molar-refractivity contribution in [2.45, 2.75) is 6.92 Å². The van der Waals surface area contributed by atoms with Gasteiger partial charge in [-0.1, -0.05) is 12.1 Å². The van der Waals surface area contributed by atoms with E-state index in [0.29, 0.717) is 36.0 Å². The lowest BCUT2D eigenvalue weighted by atomic mass is 10.2. The molecule has 1 saturated heterocycles. The summed E-state index contributed by atoms with van der Waals surface area (Å²) < 4.78 is 16.1. The molecule has 9 heteroatoms. The Hall–Kier alpha value is -2.91. The van der Waals surface area contributed by atoms with Gasteiger partial charge in [-0.3, -0.25) is 0 Å². The van der Waals surface area contributed by atoms with Crippen LogP contribution in [0.15, 0.2) is 41.0 Å². The van der Waals surface area contributed by atoms with Crippen molar-refractivity contribution in [3.63, 3.8) is 0 Å². The average molecular weight is 399 g/mol. The number of nitrogens with zero attached hydrogens (tertiary/aromatic N) is 3. The van der Waals surface area contributed by atoms with Crippen LogP contribution >= 0.6 is 12.2 Å². The molecular formula is C19H21N5O3S. The second-order valence-corrected chi connectivity index (χ2v) is 6.61. The monoisotopic (exact) mass is 399 g/mol. The van der Waals surface area contributed by atoms with Gasteiger partial charge in [-0.05, 0) is 53.7 Å². The minimum absolute atomic E-state index is 0.426. The number of nitrogens with one attached hydrogen (secondary N) is 2. The lowest BCUT2D eigenvalue weighted by Crippen LogP contribution is -2.36. The first-order valence-corrected chi connectivity index (χ1v) is 9.55. The maximum atomic E-state index is 5.63. The summed E-state index contributed by atoms with van der Waals surface area (Å²) in [6.45, 7) is 5.52. The van der Waals surface area contributed by atoms with Crippen molar-refractivity contribution in [2.75, 3.05) is 48.4 Å². The van der Waals surface area contributed by atoms with Crippen LogP contribution in [0, 0.1) is 0 Å². The van der Waals surface area contributed by atoms with Crippen molar-refractivity contribution >= 4 is 45.4 Å². The van der Waals surface area contributed by atoms with Gasteiger partial charge in [0, 0.05) is 13.1 Å². The molecule has 1 aliphatic rings. The summed E-state index contributed by atoms with van der Waals surface area (Å²) in [5.74, 6) is 0.741. The number of fused-ring (bicyclic) bond motifs is 1. The predicted octanol–water partition coefficient (Wildman–Crippen LogP) is 3.27. The molecule has 0 atom stereocenters. The van der Waals surface area contributed by atoms with Crippen LogP contribution in [0.4, 0.5) is 17.1 Å². The van der Waals surface area contributed by atoms with Gasteiger partial charge in [-0.15, -0.1) is 0 Å². The van der Waals surface area contributed by atoms with Gasteiger partial charge in [0.05, 0.1) is 36.9 Å². The number of para-hydroxylation sites is 2. The van der Waals surface area contributed by atoms with Crippen LogP contribution < -0.4 is 20.3 Å². The van der Waals surface area contributed by atoms with E-state index in [1.54, 1.807) is 0 Å². The van der Waals surface area contributed by atoms with Crippen LogP contribution in [0.1, 0.15) is 6.92 Å². The third-order valence-corrected chi connectivity index (χ3v) is 4.63. The van der Waals surface area contributed by atoms with Crippen molar-refractivity contribution in [3.8, 4) is 5.75 Å². The Morgan fingerprint density at radius 3 is 2.64 bits per heavy atom. The number of benzene rings is 2. The van der Waals surface area contributed by atoms with Crippen LogP contribution in [-0.2, 0) is 4.74 Å². The highest BCUT2D eigenvalue weighted by Crippen LogP contribution is 2.31. The number of hydrogen-bond donors (Lipinski definition) is 2. The molecule has 0 amide bonds. The Kier molecular flexibility index (Phi) is 5.54. The third-order valence-electron chi connectivity index (χ3n) is 4.43. The third kappa shape index (κ3) is 3.85. The minimum atomic E-state index is 0.426. The number of thiocarbonyl (C=S) groups is 1. The summed E-state index contributed by atoms with van der Waals surface area (Å²) in [5.41, 5.74) is 3.82. The molecule has 1 aliphatic heterocycles. The molecular weight excluding hydrogens is 378 g/mol. The van der Waals surface area contributed by atoms with Crippen LogP contribution in [0.2, 0.25) is 0 Å². The highest BCUT2D eigenvalue weighted by molar-refractivity contribution is 7.80. The highest BCUT2D eigenvalue weighted by Gasteiger charge is 2.19. The second-order valence-electron chi connectivity index (χ2n) is 6.20. The fraction of sp³-hybridized carbons (Fsp3) is 0.316. The average Bonchev–Trinajstić information content (AvgIpc) is 3.21. The Morgan fingerprint density at radius 2 is 1.82 bits per heavy atom. The molecule has 0 radical (unpaired) electrons. The van der Waals surface area contributed by atoms with Crippen LogP contribution in [0.5, 0.6) is 5.75 Å². The topological polar surface area (TPSA) is 84.7 Å². The minimum Gasteiger partial charge on any atom is -0.492 e. The molecule has 8 nitrogen and oxygen atoms in total. The number of aromatic nitrogens is 2. The summed E-state index contributed by atoms with van der Waals surface area (Å²) in [6, 6.07) is 11.6. The highest BCUT2D eigenvalue weighted by atomic mass is 32.1. The van der Waals surface area contributed by atoms with E-state index in [-0.39, 0.29) is 0 Å². The van der Waals surface area contributed by atoms with Crippen LogP contribution in [0.25, 0.3) is 11.0 Å². The molecule has 0 spiro atoms. The van der Waals surface area contributed by atoms with E-state index in [9.17, 15) is 0 Å². The van der Waals surface area contributed by atoms with E-state index in [1.165, 1.54) is 0 Å². The number of ether oxygens (including phenoxy) is 2. The van der Waals surface area contributed by atoms with Crippen molar-refractivity contribution in [1.29, 1.82) is 0 Å². The van der Waals surface area contributed by atoms with E-state index in [0.717, 1.165) is 35.9 Å². The van der Waals surface area contributed by atoms with Gasteiger partial charge in [-0.25, -0.2) is 4.63 Å². The van der Waals surface area contributed by atoms with Gasteiger partial charge in [0.1, 0.15) is 5.75 Å². The molecule has 0 saturated carbocycles. The fourth-order valence-corrected chi connectivity index (χ4v) is 3.36. The van der Waals surface area contributed by atoms with E-state index >= 15 is 0 Å². The normalized spacial score (nSPS) is 14.1.